The summed E-state index contributed by atoms with van der Waals surface area (Å²) in [5.74, 6) is -0.992. The number of halogens is 2. The second kappa shape index (κ2) is 6.41. The third kappa shape index (κ3) is 4.98. The van der Waals surface area contributed by atoms with Crippen LogP contribution in [0.5, 0.6) is 0 Å². The molecule has 0 bridgehead atoms. The van der Waals surface area contributed by atoms with Crippen LogP contribution in [0, 0.1) is 0 Å². The molecule has 0 unspecified atom stereocenters. The molecule has 0 saturated heterocycles. The first kappa shape index (κ1) is 16.7. The molecule has 7 heteroatoms. The Bertz CT molecular complexity index is 527. The van der Waals surface area contributed by atoms with Crippen molar-refractivity contribution in [1.82, 2.24) is 10.3 Å². The van der Waals surface area contributed by atoms with E-state index in [1.165, 1.54) is 19.2 Å². The van der Waals surface area contributed by atoms with E-state index < -0.39 is 23.5 Å². The number of hydrogen-bond acceptors (Lipinski definition) is 4. The fourth-order valence-corrected chi connectivity index (χ4v) is 1.54. The lowest BCUT2D eigenvalue weighted by atomic mass is 10.2. The summed E-state index contributed by atoms with van der Waals surface area (Å²) in [4.78, 5) is 27.4. The summed E-state index contributed by atoms with van der Waals surface area (Å²) in [5, 5.41) is 2.79. The Morgan fingerprint density at radius 3 is 2.45 bits per heavy atom. The Balaban J connectivity index is 2.70. The molecule has 20 heavy (non-hydrogen) atoms. The Kier molecular flexibility index (Phi) is 5.36. The van der Waals surface area contributed by atoms with Crippen molar-refractivity contribution < 1.29 is 14.3 Å². The maximum Gasteiger partial charge on any atom is 0.328 e. The van der Waals surface area contributed by atoms with Crippen molar-refractivity contribution in [3.8, 4) is 0 Å². The van der Waals surface area contributed by atoms with Crippen LogP contribution in [-0.2, 0) is 9.53 Å². The van der Waals surface area contributed by atoms with Gasteiger partial charge in [-0.15, -0.1) is 0 Å². The zero-order valence-electron chi connectivity index (χ0n) is 11.7. The van der Waals surface area contributed by atoms with Crippen LogP contribution < -0.4 is 5.32 Å². The monoisotopic (exact) mass is 318 g/mol. The van der Waals surface area contributed by atoms with Gasteiger partial charge in [0.2, 0.25) is 0 Å². The topological polar surface area (TPSA) is 68.3 Å². The minimum atomic E-state index is -0.781. The number of rotatable bonds is 3. The quantitative estimate of drug-likeness (QED) is 0.687. The van der Waals surface area contributed by atoms with Gasteiger partial charge in [0, 0.05) is 6.20 Å². The first-order valence-electron chi connectivity index (χ1n) is 5.95. The Labute approximate surface area is 127 Å². The van der Waals surface area contributed by atoms with E-state index in [1.807, 2.05) is 0 Å². The molecule has 0 saturated carbocycles. The fourth-order valence-electron chi connectivity index (χ4n) is 1.27. The van der Waals surface area contributed by atoms with E-state index >= 15 is 0 Å². The molecule has 1 N–H and O–H groups in total. The number of carbonyl (C=O) groups is 2. The summed E-state index contributed by atoms with van der Waals surface area (Å²) in [5.41, 5.74) is -0.392. The zero-order chi connectivity index (χ0) is 15.5. The molecule has 0 spiro atoms. The predicted octanol–water partition coefficient (Wildman–Crippen LogP) is 2.85. The second-order valence-electron chi connectivity index (χ2n) is 5.23. The number of nitrogens with zero attached hydrogens (tertiary/aromatic N) is 1. The van der Waals surface area contributed by atoms with Crippen molar-refractivity contribution in [3.05, 3.63) is 28.0 Å². The molecule has 0 radical (unpaired) electrons. The van der Waals surface area contributed by atoms with Crippen molar-refractivity contribution in [3.63, 3.8) is 0 Å². The number of amides is 1. The van der Waals surface area contributed by atoms with Gasteiger partial charge in [0.05, 0.1) is 10.6 Å². The maximum atomic E-state index is 11.9. The van der Waals surface area contributed by atoms with Gasteiger partial charge < -0.3 is 10.1 Å². The van der Waals surface area contributed by atoms with Gasteiger partial charge in [-0.3, -0.25) is 4.79 Å². The highest BCUT2D eigenvalue weighted by atomic mass is 35.5. The third-order valence-electron chi connectivity index (χ3n) is 2.17. The molecule has 0 aliphatic carbocycles. The molecule has 1 atom stereocenters. The van der Waals surface area contributed by atoms with Gasteiger partial charge in [-0.1, -0.05) is 23.2 Å². The van der Waals surface area contributed by atoms with Gasteiger partial charge >= 0.3 is 5.97 Å². The van der Waals surface area contributed by atoms with E-state index in [1.54, 1.807) is 20.8 Å². The van der Waals surface area contributed by atoms with Crippen LogP contribution in [0.4, 0.5) is 0 Å². The van der Waals surface area contributed by atoms with E-state index in [0.717, 1.165) is 0 Å². The van der Waals surface area contributed by atoms with Crippen LogP contribution in [0.1, 0.15) is 38.1 Å². The largest absolute Gasteiger partial charge is 0.458 e. The van der Waals surface area contributed by atoms with Crippen LogP contribution in [0.2, 0.25) is 10.2 Å². The van der Waals surface area contributed by atoms with Gasteiger partial charge in [0.15, 0.2) is 0 Å². The summed E-state index contributed by atoms with van der Waals surface area (Å²) in [7, 11) is 0. The van der Waals surface area contributed by atoms with Gasteiger partial charge in [-0.25, -0.2) is 9.78 Å². The Hall–Kier alpha value is -1.33. The average Bonchev–Trinajstić information content (AvgIpc) is 2.30. The van der Waals surface area contributed by atoms with Crippen LogP contribution >= 0.6 is 23.2 Å². The minimum absolute atomic E-state index is 0.114. The van der Waals surface area contributed by atoms with Crippen LogP contribution in [0.25, 0.3) is 0 Å². The number of pyridine rings is 1. The van der Waals surface area contributed by atoms with Crippen molar-refractivity contribution in [1.29, 1.82) is 0 Å². The van der Waals surface area contributed by atoms with Gasteiger partial charge in [-0.2, -0.15) is 0 Å². The second-order valence-corrected chi connectivity index (χ2v) is 5.99. The minimum Gasteiger partial charge on any atom is -0.458 e. The van der Waals surface area contributed by atoms with Crippen molar-refractivity contribution in [2.75, 3.05) is 0 Å². The molecule has 1 rings (SSSR count). The molecule has 1 amide bonds. The molecular weight excluding hydrogens is 303 g/mol. The molecule has 5 nitrogen and oxygen atoms in total. The Morgan fingerprint density at radius 2 is 1.95 bits per heavy atom. The lowest BCUT2D eigenvalue weighted by Crippen LogP contribution is -2.42. The smallest absolute Gasteiger partial charge is 0.328 e. The van der Waals surface area contributed by atoms with Crippen molar-refractivity contribution >= 4 is 35.1 Å². The van der Waals surface area contributed by atoms with Crippen molar-refractivity contribution in [2.24, 2.45) is 0 Å². The predicted molar refractivity (Wildman–Crippen MR) is 77.0 cm³/mol. The summed E-state index contributed by atoms with van der Waals surface area (Å²) in [6.07, 6.45) is 1.28. The molecule has 0 aliphatic heterocycles. The molecular formula is C13H16Cl2N2O3. The highest BCUT2D eigenvalue weighted by Crippen LogP contribution is 2.19. The first-order chi connectivity index (χ1) is 9.10. The molecule has 0 aromatic carbocycles. The van der Waals surface area contributed by atoms with Crippen LogP contribution in [-0.4, -0.2) is 28.5 Å². The average molecular weight is 319 g/mol. The van der Waals surface area contributed by atoms with E-state index in [-0.39, 0.29) is 15.7 Å². The normalized spacial score (nSPS) is 12.7. The lowest BCUT2D eigenvalue weighted by Gasteiger charge is -2.22. The summed E-state index contributed by atoms with van der Waals surface area (Å²) in [6, 6.07) is 0.602. The number of aromatic nitrogens is 1. The number of hydrogen-bond donors (Lipinski definition) is 1. The first-order valence-corrected chi connectivity index (χ1v) is 6.70. The number of nitrogens with one attached hydrogen (secondary N) is 1. The van der Waals surface area contributed by atoms with Gasteiger partial charge in [0.25, 0.3) is 5.91 Å². The molecule has 110 valence electrons. The summed E-state index contributed by atoms with van der Waals surface area (Å²) >= 11 is 11.4. The Morgan fingerprint density at radius 1 is 1.35 bits per heavy atom. The zero-order valence-corrected chi connectivity index (χ0v) is 13.2. The fraction of sp³-hybridized carbons (Fsp3) is 0.462. The number of esters is 1. The van der Waals surface area contributed by atoms with Gasteiger partial charge in [-0.05, 0) is 33.8 Å². The molecule has 1 aromatic rings. The molecule has 0 fully saturated rings. The van der Waals surface area contributed by atoms with E-state index in [2.05, 4.69) is 10.3 Å². The van der Waals surface area contributed by atoms with Crippen molar-refractivity contribution in [2.45, 2.75) is 39.3 Å². The molecule has 0 aliphatic rings. The maximum absolute atomic E-state index is 11.9. The standard InChI is InChI=1S/C13H16Cl2N2O3/c1-7(12(19)20-13(2,3)4)17-11(18)8-5-9(14)10(15)16-6-8/h5-7H,1-4H3,(H,17,18)/t7-/m0/s1. The highest BCUT2D eigenvalue weighted by Gasteiger charge is 2.23. The van der Waals surface area contributed by atoms with E-state index in [9.17, 15) is 9.59 Å². The van der Waals surface area contributed by atoms with Crippen LogP contribution in [0.15, 0.2) is 12.3 Å². The third-order valence-corrected chi connectivity index (χ3v) is 2.85. The van der Waals surface area contributed by atoms with Gasteiger partial charge in [0.1, 0.15) is 16.8 Å². The number of carbonyl (C=O) groups excluding carboxylic acids is 2. The lowest BCUT2D eigenvalue weighted by molar-refractivity contribution is -0.156. The van der Waals surface area contributed by atoms with E-state index in [4.69, 9.17) is 27.9 Å². The summed E-state index contributed by atoms with van der Waals surface area (Å²) in [6.45, 7) is 6.80. The van der Waals surface area contributed by atoms with Crippen LogP contribution in [0.3, 0.4) is 0 Å². The van der Waals surface area contributed by atoms with E-state index in [0.29, 0.717) is 0 Å². The SMILES string of the molecule is C[C@H](NC(=O)c1cnc(Cl)c(Cl)c1)C(=O)OC(C)(C)C. The molecule has 1 heterocycles. The summed E-state index contributed by atoms with van der Waals surface area (Å²) < 4.78 is 5.16. The number of ether oxygens (including phenoxy) is 1. The molecule has 1 aromatic heterocycles. The highest BCUT2D eigenvalue weighted by molar-refractivity contribution is 6.41.